The summed E-state index contributed by atoms with van der Waals surface area (Å²) < 4.78 is 1.69. The molecule has 4 rings (SSSR count). The van der Waals surface area contributed by atoms with E-state index in [2.05, 4.69) is 20.4 Å². The molecular formula is C19H17N5OS2. The summed E-state index contributed by atoms with van der Waals surface area (Å²) >= 11 is 3.22. The number of aromatic nitrogens is 4. The summed E-state index contributed by atoms with van der Waals surface area (Å²) in [6.45, 7) is 1.97. The van der Waals surface area contributed by atoms with E-state index in [0.29, 0.717) is 0 Å². The Morgan fingerprint density at radius 2 is 2.07 bits per heavy atom. The normalized spacial score (nSPS) is 12.0. The van der Waals surface area contributed by atoms with E-state index in [-0.39, 0.29) is 18.4 Å². The molecule has 1 N–H and O–H groups in total. The van der Waals surface area contributed by atoms with Crippen LogP contribution in [0.15, 0.2) is 59.8 Å². The zero-order chi connectivity index (χ0) is 18.6. The molecule has 0 fully saturated rings. The van der Waals surface area contributed by atoms with Gasteiger partial charge in [-0.05, 0) is 36.1 Å². The highest BCUT2D eigenvalue weighted by molar-refractivity contribution is 7.20. The third kappa shape index (κ3) is 4.12. The minimum absolute atomic E-state index is 0.0362. The summed E-state index contributed by atoms with van der Waals surface area (Å²) in [5, 5.41) is 12.1. The van der Waals surface area contributed by atoms with Gasteiger partial charge in [-0.1, -0.05) is 18.2 Å². The maximum absolute atomic E-state index is 12.4. The predicted octanol–water partition coefficient (Wildman–Crippen LogP) is 3.87. The summed E-state index contributed by atoms with van der Waals surface area (Å²) in [5.74, 6) is -0.0362. The van der Waals surface area contributed by atoms with Crippen molar-refractivity contribution in [1.29, 1.82) is 0 Å². The van der Waals surface area contributed by atoms with Gasteiger partial charge in [0.05, 0.1) is 28.7 Å². The lowest BCUT2D eigenvalue weighted by Gasteiger charge is -2.14. The smallest absolute Gasteiger partial charge is 0.226 e. The van der Waals surface area contributed by atoms with Gasteiger partial charge in [-0.15, -0.1) is 22.7 Å². The van der Waals surface area contributed by atoms with Crippen LogP contribution in [0.25, 0.3) is 15.6 Å². The number of thiophene rings is 1. The highest BCUT2D eigenvalue weighted by atomic mass is 32.1. The molecular weight excluding hydrogens is 378 g/mol. The number of benzene rings is 1. The standard InChI is InChI=1S/C19H17N5OS2/c1-13(14-4-6-16(7-5-14)24-12-20-11-21-24)22-18(25)9-15-10-27-19(23-15)17-3-2-8-26-17/h2-8,10-13H,9H2,1H3,(H,22,25)/t13-/m1/s1. The quantitative estimate of drug-likeness (QED) is 0.538. The van der Waals surface area contributed by atoms with Crippen molar-refractivity contribution in [2.45, 2.75) is 19.4 Å². The molecule has 0 unspecified atom stereocenters. The summed E-state index contributed by atoms with van der Waals surface area (Å²) in [5.41, 5.74) is 2.76. The summed E-state index contributed by atoms with van der Waals surface area (Å²) in [6, 6.07) is 11.8. The van der Waals surface area contributed by atoms with E-state index in [1.165, 1.54) is 6.33 Å². The lowest BCUT2D eigenvalue weighted by Crippen LogP contribution is -2.28. The van der Waals surface area contributed by atoms with Crippen LogP contribution in [0, 0.1) is 0 Å². The molecule has 8 heteroatoms. The molecule has 4 aromatic rings. The highest BCUT2D eigenvalue weighted by Crippen LogP contribution is 2.28. The van der Waals surface area contributed by atoms with E-state index < -0.39 is 0 Å². The number of nitrogens with zero attached hydrogens (tertiary/aromatic N) is 4. The first-order valence-corrected chi connectivity index (χ1v) is 10.2. The molecule has 1 amide bonds. The molecule has 27 heavy (non-hydrogen) atoms. The van der Waals surface area contributed by atoms with Crippen molar-refractivity contribution in [1.82, 2.24) is 25.1 Å². The largest absolute Gasteiger partial charge is 0.349 e. The average Bonchev–Trinajstić information content (AvgIpc) is 3.43. The van der Waals surface area contributed by atoms with Crippen molar-refractivity contribution in [2.24, 2.45) is 0 Å². The zero-order valence-corrected chi connectivity index (χ0v) is 16.2. The van der Waals surface area contributed by atoms with E-state index in [4.69, 9.17) is 0 Å². The third-order valence-corrected chi connectivity index (χ3v) is 6.01. The highest BCUT2D eigenvalue weighted by Gasteiger charge is 2.13. The Morgan fingerprint density at radius 3 is 2.78 bits per heavy atom. The van der Waals surface area contributed by atoms with Crippen LogP contribution in [0.3, 0.4) is 0 Å². The van der Waals surface area contributed by atoms with Crippen molar-refractivity contribution in [3.05, 3.63) is 71.1 Å². The van der Waals surface area contributed by atoms with Gasteiger partial charge in [0.1, 0.15) is 17.7 Å². The molecule has 0 saturated heterocycles. The van der Waals surface area contributed by atoms with Crippen LogP contribution >= 0.6 is 22.7 Å². The maximum Gasteiger partial charge on any atom is 0.226 e. The molecule has 0 aliphatic rings. The first-order chi connectivity index (χ1) is 13.2. The Morgan fingerprint density at radius 1 is 1.22 bits per heavy atom. The number of rotatable bonds is 6. The molecule has 3 aromatic heterocycles. The Bertz CT molecular complexity index is 1010. The predicted molar refractivity (Wildman–Crippen MR) is 107 cm³/mol. The van der Waals surface area contributed by atoms with Crippen LogP contribution in [0.5, 0.6) is 0 Å². The fourth-order valence-electron chi connectivity index (χ4n) is 2.70. The van der Waals surface area contributed by atoms with Crippen molar-refractivity contribution in [2.75, 3.05) is 0 Å². The molecule has 1 aromatic carbocycles. The zero-order valence-electron chi connectivity index (χ0n) is 14.6. The van der Waals surface area contributed by atoms with Gasteiger partial charge in [-0.3, -0.25) is 4.79 Å². The number of amides is 1. The van der Waals surface area contributed by atoms with Crippen LogP contribution in [-0.2, 0) is 11.2 Å². The average molecular weight is 396 g/mol. The maximum atomic E-state index is 12.4. The van der Waals surface area contributed by atoms with Crippen LogP contribution in [0.4, 0.5) is 0 Å². The molecule has 0 aliphatic carbocycles. The number of thiazole rings is 1. The van der Waals surface area contributed by atoms with Gasteiger partial charge in [0.25, 0.3) is 0 Å². The number of nitrogens with one attached hydrogen (secondary N) is 1. The summed E-state index contributed by atoms with van der Waals surface area (Å²) in [7, 11) is 0. The monoisotopic (exact) mass is 395 g/mol. The first-order valence-electron chi connectivity index (χ1n) is 8.41. The van der Waals surface area contributed by atoms with Crippen LogP contribution in [-0.4, -0.2) is 25.7 Å². The molecule has 0 bridgehead atoms. The fraction of sp³-hybridized carbons (Fsp3) is 0.158. The molecule has 1 atom stereocenters. The van der Waals surface area contributed by atoms with Gasteiger partial charge >= 0.3 is 0 Å². The van der Waals surface area contributed by atoms with Gasteiger partial charge in [0, 0.05) is 5.38 Å². The van der Waals surface area contributed by atoms with Gasteiger partial charge in [-0.2, -0.15) is 5.10 Å². The number of carbonyl (C=O) groups excluding carboxylic acids is 1. The Balaban J connectivity index is 1.36. The molecule has 0 saturated carbocycles. The Hall–Kier alpha value is -2.84. The second kappa shape index (κ2) is 7.81. The van der Waals surface area contributed by atoms with Crippen LogP contribution in [0.2, 0.25) is 0 Å². The number of carbonyl (C=O) groups is 1. The second-order valence-electron chi connectivity index (χ2n) is 6.02. The molecule has 136 valence electrons. The minimum Gasteiger partial charge on any atom is -0.349 e. The van der Waals surface area contributed by atoms with Gasteiger partial charge in [-0.25, -0.2) is 14.6 Å². The van der Waals surface area contributed by atoms with Gasteiger partial charge in [0.15, 0.2) is 0 Å². The molecule has 0 aliphatic heterocycles. The number of hydrogen-bond acceptors (Lipinski definition) is 6. The van der Waals surface area contributed by atoms with E-state index in [1.807, 2.05) is 54.1 Å². The van der Waals surface area contributed by atoms with Gasteiger partial charge < -0.3 is 5.32 Å². The molecule has 0 spiro atoms. The van der Waals surface area contributed by atoms with Crippen LogP contribution in [0.1, 0.15) is 24.2 Å². The van der Waals surface area contributed by atoms with E-state index in [0.717, 1.165) is 26.8 Å². The Kier molecular flexibility index (Phi) is 5.08. The SMILES string of the molecule is C[C@@H](NC(=O)Cc1csc(-c2cccs2)n1)c1ccc(-n2cncn2)cc1. The number of hydrogen-bond donors (Lipinski definition) is 1. The van der Waals surface area contributed by atoms with Gasteiger partial charge in [0.2, 0.25) is 5.91 Å². The summed E-state index contributed by atoms with van der Waals surface area (Å²) in [6.07, 6.45) is 3.43. The molecule has 3 heterocycles. The van der Waals surface area contributed by atoms with E-state index in [1.54, 1.807) is 33.7 Å². The second-order valence-corrected chi connectivity index (χ2v) is 7.82. The third-order valence-electron chi connectivity index (χ3n) is 4.08. The lowest BCUT2D eigenvalue weighted by atomic mass is 10.1. The van der Waals surface area contributed by atoms with E-state index >= 15 is 0 Å². The van der Waals surface area contributed by atoms with E-state index in [9.17, 15) is 4.79 Å². The van der Waals surface area contributed by atoms with Crippen molar-refractivity contribution in [3.8, 4) is 15.6 Å². The fourth-order valence-corrected chi connectivity index (χ4v) is 4.33. The molecule has 0 radical (unpaired) electrons. The summed E-state index contributed by atoms with van der Waals surface area (Å²) in [4.78, 5) is 22.0. The first kappa shape index (κ1) is 17.6. The minimum atomic E-state index is -0.0855. The topological polar surface area (TPSA) is 72.7 Å². The van der Waals surface area contributed by atoms with Crippen LogP contribution < -0.4 is 5.32 Å². The lowest BCUT2D eigenvalue weighted by molar-refractivity contribution is -0.121. The van der Waals surface area contributed by atoms with Crippen molar-refractivity contribution in [3.63, 3.8) is 0 Å². The van der Waals surface area contributed by atoms with Crippen molar-refractivity contribution >= 4 is 28.6 Å². The molecule has 6 nitrogen and oxygen atoms in total. The van der Waals surface area contributed by atoms with Crippen molar-refractivity contribution < 1.29 is 4.79 Å². The Labute approximate surface area is 164 Å².